The molecular weight excluding hydrogens is 234 g/mol. The van der Waals surface area contributed by atoms with E-state index in [1.807, 2.05) is 18.2 Å². The van der Waals surface area contributed by atoms with Crippen molar-refractivity contribution in [1.29, 1.82) is 0 Å². The van der Waals surface area contributed by atoms with Gasteiger partial charge in [-0.2, -0.15) is 0 Å². The van der Waals surface area contributed by atoms with Crippen LogP contribution in [0, 0.1) is 0 Å². The summed E-state index contributed by atoms with van der Waals surface area (Å²) in [7, 11) is 0. The van der Waals surface area contributed by atoms with Gasteiger partial charge in [0, 0.05) is 15.6 Å². The fraction of sp³-hybridized carbons (Fsp3) is 0. The summed E-state index contributed by atoms with van der Waals surface area (Å²) in [6, 6.07) is 9.68. The molecule has 0 unspecified atom stereocenters. The van der Waals surface area contributed by atoms with Gasteiger partial charge in [0.25, 0.3) is 0 Å². The van der Waals surface area contributed by atoms with Crippen molar-refractivity contribution in [2.75, 3.05) is 5.73 Å². The topological polar surface area (TPSA) is 26.0 Å². The van der Waals surface area contributed by atoms with Crippen molar-refractivity contribution < 1.29 is 0 Å². The zero-order chi connectivity index (χ0) is 9.97. The number of nitrogen functional groups attached to an aromatic ring is 1. The number of anilines is 1. The van der Waals surface area contributed by atoms with Crippen LogP contribution in [0.25, 0.3) is 0 Å². The van der Waals surface area contributed by atoms with Crippen LogP contribution in [-0.2, 0) is 0 Å². The van der Waals surface area contributed by atoms with E-state index in [-0.39, 0.29) is 0 Å². The minimum Gasteiger partial charge on any atom is -0.398 e. The van der Waals surface area contributed by atoms with Crippen LogP contribution < -0.4 is 5.73 Å². The Kier molecular flexibility index (Phi) is 3.01. The quantitative estimate of drug-likeness (QED) is 0.800. The lowest BCUT2D eigenvalue weighted by molar-refractivity contribution is 1.45. The summed E-state index contributed by atoms with van der Waals surface area (Å²) in [6.07, 6.45) is 0. The summed E-state index contributed by atoms with van der Waals surface area (Å²) >= 11 is 9.18. The average Bonchev–Trinajstić information content (AvgIpc) is 2.62. The van der Waals surface area contributed by atoms with Gasteiger partial charge in [0.1, 0.15) is 0 Å². The van der Waals surface area contributed by atoms with Crippen LogP contribution in [0.15, 0.2) is 44.8 Å². The molecule has 1 nitrogen and oxygen atoms in total. The first-order valence-corrected chi connectivity index (χ1v) is 6.09. The third-order valence-corrected chi connectivity index (χ3v) is 4.04. The lowest BCUT2D eigenvalue weighted by atomic mass is 10.3. The van der Waals surface area contributed by atoms with E-state index in [9.17, 15) is 0 Å². The van der Waals surface area contributed by atoms with E-state index in [0.717, 1.165) is 10.6 Å². The molecular formula is C10H8ClNS2. The number of hydrogen-bond acceptors (Lipinski definition) is 3. The molecule has 0 fully saturated rings. The van der Waals surface area contributed by atoms with Crippen molar-refractivity contribution in [3.8, 4) is 0 Å². The fourth-order valence-corrected chi connectivity index (χ4v) is 2.98. The van der Waals surface area contributed by atoms with Crippen molar-refractivity contribution in [1.82, 2.24) is 0 Å². The average molecular weight is 242 g/mol. The molecule has 0 spiro atoms. The second-order valence-electron chi connectivity index (χ2n) is 2.72. The molecule has 0 amide bonds. The Hall–Kier alpha value is -0.640. The standard InChI is InChI=1S/C10H8ClNS2/c11-7-3-4-9(8(12)6-7)14-10-2-1-5-13-10/h1-6H,12H2. The predicted molar refractivity (Wildman–Crippen MR) is 64.3 cm³/mol. The van der Waals surface area contributed by atoms with Crippen LogP contribution in [0.4, 0.5) is 5.69 Å². The first-order valence-electron chi connectivity index (χ1n) is 4.02. The lowest BCUT2D eigenvalue weighted by Crippen LogP contribution is -1.87. The highest BCUT2D eigenvalue weighted by Crippen LogP contribution is 2.35. The summed E-state index contributed by atoms with van der Waals surface area (Å²) in [5.74, 6) is 0. The largest absolute Gasteiger partial charge is 0.398 e. The minimum absolute atomic E-state index is 0.679. The van der Waals surface area contributed by atoms with Gasteiger partial charge in [-0.3, -0.25) is 0 Å². The third kappa shape index (κ3) is 2.23. The van der Waals surface area contributed by atoms with Crippen LogP contribution >= 0.6 is 34.7 Å². The van der Waals surface area contributed by atoms with E-state index in [0.29, 0.717) is 5.02 Å². The highest BCUT2D eigenvalue weighted by atomic mass is 35.5. The predicted octanol–water partition coefficient (Wildman–Crippen LogP) is 4.13. The van der Waals surface area contributed by atoms with Gasteiger partial charge < -0.3 is 5.73 Å². The van der Waals surface area contributed by atoms with Crippen LogP contribution in [0.5, 0.6) is 0 Å². The summed E-state index contributed by atoms with van der Waals surface area (Å²) in [6.45, 7) is 0. The van der Waals surface area contributed by atoms with Crippen molar-refractivity contribution in [2.24, 2.45) is 0 Å². The van der Waals surface area contributed by atoms with E-state index in [1.165, 1.54) is 4.21 Å². The van der Waals surface area contributed by atoms with Gasteiger partial charge >= 0.3 is 0 Å². The molecule has 1 aromatic carbocycles. The first-order chi connectivity index (χ1) is 6.75. The zero-order valence-electron chi connectivity index (χ0n) is 7.24. The Morgan fingerprint density at radius 1 is 1.29 bits per heavy atom. The van der Waals surface area contributed by atoms with Gasteiger partial charge in [0.05, 0.1) is 4.21 Å². The number of nitrogens with two attached hydrogens (primary N) is 1. The summed E-state index contributed by atoms with van der Waals surface area (Å²) in [4.78, 5) is 1.05. The molecule has 0 aliphatic carbocycles. The second-order valence-corrected chi connectivity index (χ2v) is 5.44. The van der Waals surface area contributed by atoms with Crippen molar-refractivity contribution in [3.63, 3.8) is 0 Å². The minimum atomic E-state index is 0.679. The number of hydrogen-bond donors (Lipinski definition) is 1. The van der Waals surface area contributed by atoms with Gasteiger partial charge in [0.2, 0.25) is 0 Å². The molecule has 1 heterocycles. The van der Waals surface area contributed by atoms with Crippen molar-refractivity contribution >= 4 is 40.4 Å². The highest BCUT2D eigenvalue weighted by molar-refractivity contribution is 8.01. The maximum atomic E-state index is 5.84. The third-order valence-electron chi connectivity index (χ3n) is 1.68. The van der Waals surface area contributed by atoms with Gasteiger partial charge in [-0.1, -0.05) is 29.4 Å². The maximum absolute atomic E-state index is 5.84. The Morgan fingerprint density at radius 3 is 2.79 bits per heavy atom. The van der Waals surface area contributed by atoms with E-state index in [2.05, 4.69) is 11.4 Å². The number of rotatable bonds is 2. The molecule has 0 saturated heterocycles. The first kappa shape index (κ1) is 9.90. The Morgan fingerprint density at radius 2 is 2.14 bits per heavy atom. The Labute approximate surface area is 95.9 Å². The number of halogens is 1. The summed E-state index contributed by atoms with van der Waals surface area (Å²) < 4.78 is 1.24. The molecule has 1 aromatic heterocycles. The highest BCUT2D eigenvalue weighted by Gasteiger charge is 2.02. The van der Waals surface area contributed by atoms with Gasteiger partial charge in [-0.15, -0.1) is 11.3 Å². The Balaban J connectivity index is 2.25. The molecule has 72 valence electrons. The smallest absolute Gasteiger partial charge is 0.0647 e. The maximum Gasteiger partial charge on any atom is 0.0647 e. The normalized spacial score (nSPS) is 10.4. The van der Waals surface area contributed by atoms with Crippen LogP contribution in [0.3, 0.4) is 0 Å². The number of benzene rings is 1. The van der Waals surface area contributed by atoms with Crippen LogP contribution in [0.2, 0.25) is 5.02 Å². The lowest BCUT2D eigenvalue weighted by Gasteiger charge is -2.03. The molecule has 0 aliphatic heterocycles. The monoisotopic (exact) mass is 241 g/mol. The number of thiophene rings is 1. The van der Waals surface area contributed by atoms with E-state index < -0.39 is 0 Å². The molecule has 0 bridgehead atoms. The molecule has 2 rings (SSSR count). The Bertz CT molecular complexity index is 426. The molecule has 2 N–H and O–H groups in total. The van der Waals surface area contributed by atoms with E-state index >= 15 is 0 Å². The molecule has 0 atom stereocenters. The molecule has 2 aromatic rings. The van der Waals surface area contributed by atoms with Crippen LogP contribution in [0.1, 0.15) is 0 Å². The zero-order valence-corrected chi connectivity index (χ0v) is 9.62. The molecule has 4 heteroatoms. The van der Waals surface area contributed by atoms with E-state index in [1.54, 1.807) is 29.2 Å². The second kappa shape index (κ2) is 4.26. The summed E-state index contributed by atoms with van der Waals surface area (Å²) in [5.41, 5.74) is 6.57. The van der Waals surface area contributed by atoms with Crippen molar-refractivity contribution in [2.45, 2.75) is 9.10 Å². The molecule has 0 saturated carbocycles. The van der Waals surface area contributed by atoms with Crippen LogP contribution in [-0.4, -0.2) is 0 Å². The SMILES string of the molecule is Nc1cc(Cl)ccc1Sc1cccs1. The molecule has 0 radical (unpaired) electrons. The van der Waals surface area contributed by atoms with Gasteiger partial charge in [-0.05, 0) is 29.6 Å². The van der Waals surface area contributed by atoms with Crippen molar-refractivity contribution in [3.05, 3.63) is 40.7 Å². The molecule has 0 aliphatic rings. The summed E-state index contributed by atoms with van der Waals surface area (Å²) in [5, 5.41) is 2.73. The fourth-order valence-electron chi connectivity index (χ4n) is 1.04. The van der Waals surface area contributed by atoms with E-state index in [4.69, 9.17) is 17.3 Å². The van der Waals surface area contributed by atoms with Gasteiger partial charge in [-0.25, -0.2) is 0 Å². The van der Waals surface area contributed by atoms with Gasteiger partial charge in [0.15, 0.2) is 0 Å². The molecule has 14 heavy (non-hydrogen) atoms.